The molecule has 4 rings (SSSR count). The molecule has 28 heavy (non-hydrogen) atoms. The van der Waals surface area contributed by atoms with Crippen LogP contribution in [0.5, 0.6) is 5.75 Å². The Morgan fingerprint density at radius 2 is 2.18 bits per heavy atom. The Bertz CT molecular complexity index is 1010. The van der Waals surface area contributed by atoms with Crippen LogP contribution in [0.15, 0.2) is 47.2 Å². The lowest BCUT2D eigenvalue weighted by Crippen LogP contribution is -2.37. The smallest absolute Gasteiger partial charge is 0.275 e. The molecule has 1 N–H and O–H groups in total. The van der Waals surface area contributed by atoms with Gasteiger partial charge in [0.1, 0.15) is 17.5 Å². The van der Waals surface area contributed by atoms with Crippen LogP contribution in [0.2, 0.25) is 0 Å². The molecule has 8 heteroatoms. The fourth-order valence-electron chi connectivity index (χ4n) is 3.32. The van der Waals surface area contributed by atoms with Gasteiger partial charge in [-0.2, -0.15) is 0 Å². The maximum Gasteiger partial charge on any atom is 0.275 e. The van der Waals surface area contributed by atoms with Crippen molar-refractivity contribution in [2.24, 2.45) is 0 Å². The highest BCUT2D eigenvalue weighted by Crippen LogP contribution is 2.24. The van der Waals surface area contributed by atoms with E-state index >= 15 is 0 Å². The van der Waals surface area contributed by atoms with E-state index in [1.165, 1.54) is 13.2 Å². The number of rotatable bonds is 5. The third-order valence-electron chi connectivity index (χ3n) is 4.60. The topological polar surface area (TPSA) is 97.6 Å². The Labute approximate surface area is 161 Å². The minimum atomic E-state index is -0.213. The van der Waals surface area contributed by atoms with Gasteiger partial charge in [0, 0.05) is 37.6 Å². The number of carbonyl (C=O) groups excluding carboxylic acids is 2. The number of aromatic nitrogens is 2. The highest BCUT2D eigenvalue weighted by atomic mass is 16.5. The number of oxazole rings is 1. The van der Waals surface area contributed by atoms with E-state index in [1.54, 1.807) is 11.1 Å². The number of nitrogens with one attached hydrogen (secondary N) is 1. The van der Waals surface area contributed by atoms with Crippen molar-refractivity contribution in [1.82, 2.24) is 20.2 Å². The van der Waals surface area contributed by atoms with Gasteiger partial charge in [-0.15, -0.1) is 0 Å². The lowest BCUT2D eigenvalue weighted by molar-refractivity contribution is -0.119. The summed E-state index contributed by atoms with van der Waals surface area (Å²) in [7, 11) is 0. The van der Waals surface area contributed by atoms with E-state index in [0.29, 0.717) is 24.7 Å². The van der Waals surface area contributed by atoms with Crippen molar-refractivity contribution in [1.29, 1.82) is 0 Å². The van der Waals surface area contributed by atoms with Crippen LogP contribution in [0.1, 0.15) is 29.7 Å². The number of carbonyl (C=O) groups is 2. The van der Waals surface area contributed by atoms with E-state index in [0.717, 1.165) is 17.3 Å². The molecule has 8 nitrogen and oxygen atoms in total. The van der Waals surface area contributed by atoms with Crippen molar-refractivity contribution in [3.05, 3.63) is 54.4 Å². The quantitative estimate of drug-likeness (QED) is 0.728. The maximum atomic E-state index is 12.6. The first kappa shape index (κ1) is 18.0. The van der Waals surface area contributed by atoms with Crippen molar-refractivity contribution in [3.63, 3.8) is 0 Å². The summed E-state index contributed by atoms with van der Waals surface area (Å²) in [6.07, 6.45) is 3.78. The van der Waals surface area contributed by atoms with Gasteiger partial charge in [0.2, 0.25) is 11.8 Å². The Balaban J connectivity index is 1.39. The number of fused-ring (bicyclic) bond motifs is 1. The van der Waals surface area contributed by atoms with Gasteiger partial charge in [-0.05, 0) is 18.6 Å². The Morgan fingerprint density at radius 3 is 3.04 bits per heavy atom. The lowest BCUT2D eigenvalue weighted by Gasteiger charge is -2.15. The van der Waals surface area contributed by atoms with Crippen LogP contribution in [0, 0.1) is 0 Å². The van der Waals surface area contributed by atoms with E-state index in [2.05, 4.69) is 15.3 Å². The molecule has 1 aromatic carbocycles. The fraction of sp³-hybridized carbons (Fsp3) is 0.300. The Morgan fingerprint density at radius 1 is 1.32 bits per heavy atom. The first-order valence-corrected chi connectivity index (χ1v) is 9.07. The fourth-order valence-corrected chi connectivity index (χ4v) is 3.32. The second-order valence-electron chi connectivity index (χ2n) is 6.68. The van der Waals surface area contributed by atoms with Gasteiger partial charge >= 0.3 is 0 Å². The van der Waals surface area contributed by atoms with Gasteiger partial charge < -0.3 is 19.4 Å². The monoisotopic (exact) mass is 380 g/mol. The number of pyridine rings is 1. The summed E-state index contributed by atoms with van der Waals surface area (Å²) in [5.74, 6) is 0.633. The number of hydrogen-bond donors (Lipinski definition) is 1. The molecule has 3 aromatic rings. The molecule has 0 bridgehead atoms. The van der Waals surface area contributed by atoms with Gasteiger partial charge in [0.05, 0.1) is 0 Å². The van der Waals surface area contributed by atoms with Crippen LogP contribution in [-0.2, 0) is 11.4 Å². The number of nitrogens with zero attached hydrogens (tertiary/aromatic N) is 3. The molecule has 2 amide bonds. The summed E-state index contributed by atoms with van der Waals surface area (Å²) in [5, 5.41) is 3.81. The highest BCUT2D eigenvalue weighted by molar-refractivity contribution is 5.92. The van der Waals surface area contributed by atoms with Crippen LogP contribution < -0.4 is 10.1 Å². The van der Waals surface area contributed by atoms with Crippen molar-refractivity contribution >= 4 is 22.7 Å². The van der Waals surface area contributed by atoms with Crippen molar-refractivity contribution in [2.45, 2.75) is 26.0 Å². The highest BCUT2D eigenvalue weighted by Gasteiger charge is 2.29. The zero-order valence-electron chi connectivity index (χ0n) is 15.4. The zero-order chi connectivity index (χ0) is 19.5. The molecule has 0 saturated carbocycles. The first-order chi connectivity index (χ1) is 13.6. The molecule has 2 aromatic heterocycles. The van der Waals surface area contributed by atoms with Crippen LogP contribution in [-0.4, -0.2) is 45.8 Å². The van der Waals surface area contributed by atoms with Gasteiger partial charge in [0.15, 0.2) is 12.3 Å². The van der Waals surface area contributed by atoms with Gasteiger partial charge in [-0.25, -0.2) is 4.98 Å². The minimum absolute atomic E-state index is 0.0185. The largest absolute Gasteiger partial charge is 0.482 e. The van der Waals surface area contributed by atoms with E-state index < -0.39 is 0 Å². The Kier molecular flexibility index (Phi) is 4.92. The average Bonchev–Trinajstić information content (AvgIpc) is 3.35. The number of ether oxygens (including phenoxy) is 1. The summed E-state index contributed by atoms with van der Waals surface area (Å²) in [6.45, 7) is 2.61. The van der Waals surface area contributed by atoms with Crippen LogP contribution in [0.25, 0.3) is 10.9 Å². The molecule has 0 spiro atoms. The maximum absolute atomic E-state index is 12.6. The zero-order valence-corrected chi connectivity index (χ0v) is 15.4. The van der Waals surface area contributed by atoms with Crippen LogP contribution >= 0.6 is 0 Å². The third-order valence-corrected chi connectivity index (χ3v) is 4.60. The summed E-state index contributed by atoms with van der Waals surface area (Å²) < 4.78 is 11.2. The number of hydrogen-bond acceptors (Lipinski definition) is 6. The molecule has 1 aliphatic rings. The predicted molar refractivity (Wildman–Crippen MR) is 101 cm³/mol. The van der Waals surface area contributed by atoms with Crippen molar-refractivity contribution in [2.75, 3.05) is 13.1 Å². The van der Waals surface area contributed by atoms with E-state index in [9.17, 15) is 9.59 Å². The number of amides is 2. The number of benzene rings is 1. The first-order valence-electron chi connectivity index (χ1n) is 9.07. The number of likely N-dealkylation sites (tertiary alicyclic amines) is 1. The molecule has 1 fully saturated rings. The normalized spacial score (nSPS) is 16.3. The summed E-state index contributed by atoms with van der Waals surface area (Å²) in [4.78, 5) is 34.0. The van der Waals surface area contributed by atoms with Crippen molar-refractivity contribution in [3.8, 4) is 5.75 Å². The third kappa shape index (κ3) is 3.80. The molecule has 1 aliphatic heterocycles. The second kappa shape index (κ2) is 7.67. The summed E-state index contributed by atoms with van der Waals surface area (Å²) >= 11 is 0. The molecule has 0 unspecified atom stereocenters. The van der Waals surface area contributed by atoms with Gasteiger partial charge in [-0.3, -0.25) is 14.6 Å². The van der Waals surface area contributed by atoms with E-state index in [1.807, 2.05) is 30.3 Å². The van der Waals surface area contributed by atoms with Crippen LogP contribution in [0.3, 0.4) is 0 Å². The summed E-state index contributed by atoms with van der Waals surface area (Å²) in [5.41, 5.74) is 0.993. The summed E-state index contributed by atoms with van der Waals surface area (Å²) in [6, 6.07) is 9.49. The minimum Gasteiger partial charge on any atom is -0.482 e. The molecule has 0 aliphatic carbocycles. The second-order valence-corrected chi connectivity index (χ2v) is 6.68. The van der Waals surface area contributed by atoms with Crippen molar-refractivity contribution < 1.29 is 18.7 Å². The standard InChI is InChI=1S/C20H20N4O4/c1-13(25)22-15-7-9-24(10-15)20(26)16-11-28-18(23-16)12-27-17-6-2-4-14-5-3-8-21-19(14)17/h2-6,8,11,15H,7,9-10,12H2,1H3,(H,22,25)/t15-/m1/s1. The molecule has 0 radical (unpaired) electrons. The predicted octanol–water partition coefficient (Wildman–Crippen LogP) is 2.15. The van der Waals surface area contributed by atoms with Gasteiger partial charge in [-0.1, -0.05) is 18.2 Å². The van der Waals surface area contributed by atoms with Crippen LogP contribution in [0.4, 0.5) is 0 Å². The SMILES string of the molecule is CC(=O)N[C@@H]1CCN(C(=O)c2coc(COc3cccc4cccnc34)n2)C1. The molecule has 1 atom stereocenters. The Hall–Kier alpha value is -3.42. The molecule has 3 heterocycles. The average molecular weight is 380 g/mol. The molecular formula is C20H20N4O4. The van der Waals surface area contributed by atoms with E-state index in [-0.39, 0.29) is 30.2 Å². The molecular weight excluding hydrogens is 360 g/mol. The molecule has 1 saturated heterocycles. The van der Waals surface area contributed by atoms with Gasteiger partial charge in [0.25, 0.3) is 5.91 Å². The number of para-hydroxylation sites is 1. The lowest BCUT2D eigenvalue weighted by atomic mass is 10.2. The van der Waals surface area contributed by atoms with E-state index in [4.69, 9.17) is 9.15 Å². The molecule has 144 valence electrons.